The van der Waals surface area contributed by atoms with Crippen LogP contribution in [0.15, 0.2) is 77.7 Å². The molecule has 1 atom stereocenters. The number of amides is 1. The van der Waals surface area contributed by atoms with Crippen molar-refractivity contribution in [1.29, 1.82) is 0 Å². The van der Waals surface area contributed by atoms with Gasteiger partial charge in [-0.25, -0.2) is 8.42 Å². The number of hydrogen-bond donors (Lipinski definition) is 1. The predicted octanol–water partition coefficient (Wildman–Crippen LogP) is 4.29. The Bertz CT molecular complexity index is 1330. The summed E-state index contributed by atoms with van der Waals surface area (Å²) < 4.78 is 35.0. The molecule has 9 heteroatoms. The fourth-order valence-electron chi connectivity index (χ4n) is 4.47. The molecule has 0 bridgehead atoms. The first kappa shape index (κ1) is 27.0. The average molecular weight is 542 g/mol. The summed E-state index contributed by atoms with van der Waals surface area (Å²) in [5.74, 6) is 0.400. The number of piperazine rings is 1. The van der Waals surface area contributed by atoms with Gasteiger partial charge >= 0.3 is 0 Å². The van der Waals surface area contributed by atoms with Crippen LogP contribution in [0.5, 0.6) is 5.75 Å². The number of anilines is 1. The molecule has 4 rings (SSSR count). The number of aryl methyl sites for hydroxylation is 1. The van der Waals surface area contributed by atoms with E-state index in [4.69, 9.17) is 16.3 Å². The van der Waals surface area contributed by atoms with Crippen LogP contribution in [0, 0.1) is 6.92 Å². The van der Waals surface area contributed by atoms with Gasteiger partial charge in [0.05, 0.1) is 11.5 Å². The summed E-state index contributed by atoms with van der Waals surface area (Å²) in [6.45, 7) is 6.41. The Hall–Kier alpha value is -3.07. The zero-order valence-electron chi connectivity index (χ0n) is 21.1. The molecule has 1 amide bonds. The average Bonchev–Trinajstić information content (AvgIpc) is 2.90. The van der Waals surface area contributed by atoms with Gasteiger partial charge in [0.2, 0.25) is 15.9 Å². The fraction of sp³-hybridized carbons (Fsp3) is 0.321. The van der Waals surface area contributed by atoms with Crippen LogP contribution in [0.4, 0.5) is 5.69 Å². The molecular formula is C28H32ClN3O4S. The Balaban J connectivity index is 1.52. The molecule has 0 spiro atoms. The molecule has 0 aliphatic carbocycles. The monoisotopic (exact) mass is 541 g/mol. The molecule has 1 N–H and O–H groups in total. The maximum atomic E-state index is 13.7. The van der Waals surface area contributed by atoms with Crippen LogP contribution in [0.1, 0.15) is 18.1 Å². The van der Waals surface area contributed by atoms with Crippen LogP contribution in [0.2, 0.25) is 5.02 Å². The van der Waals surface area contributed by atoms with E-state index < -0.39 is 16.1 Å². The molecule has 1 saturated heterocycles. The molecule has 0 unspecified atom stereocenters. The summed E-state index contributed by atoms with van der Waals surface area (Å²) in [6.07, 6.45) is 0.253. The van der Waals surface area contributed by atoms with Crippen LogP contribution < -0.4 is 14.4 Å². The molecule has 1 fully saturated rings. The second-order valence-corrected chi connectivity index (χ2v) is 11.2. The molecule has 7 nitrogen and oxygen atoms in total. The van der Waals surface area contributed by atoms with Crippen LogP contribution in [0.25, 0.3) is 0 Å². The number of carbonyl (C=O) groups excluding carboxylic acids is 1. The van der Waals surface area contributed by atoms with Gasteiger partial charge in [-0.3, -0.25) is 4.79 Å². The van der Waals surface area contributed by atoms with Crippen molar-refractivity contribution in [2.75, 3.05) is 37.7 Å². The van der Waals surface area contributed by atoms with E-state index in [9.17, 15) is 13.2 Å². The molecule has 1 aliphatic rings. The third-order valence-electron chi connectivity index (χ3n) is 6.40. The number of benzene rings is 3. The molecule has 1 heterocycles. The highest BCUT2D eigenvalue weighted by Crippen LogP contribution is 2.24. The van der Waals surface area contributed by atoms with Crippen molar-refractivity contribution in [3.05, 3.63) is 88.9 Å². The van der Waals surface area contributed by atoms with E-state index in [1.165, 1.54) is 6.07 Å². The first-order valence-electron chi connectivity index (χ1n) is 12.4. The van der Waals surface area contributed by atoms with E-state index in [-0.39, 0.29) is 17.2 Å². The third-order valence-corrected chi connectivity index (χ3v) is 8.10. The van der Waals surface area contributed by atoms with Crippen LogP contribution in [0.3, 0.4) is 0 Å². The number of rotatable bonds is 9. The highest BCUT2D eigenvalue weighted by atomic mass is 35.5. The van der Waals surface area contributed by atoms with Gasteiger partial charge in [-0.15, -0.1) is 0 Å². The lowest BCUT2D eigenvalue weighted by atomic mass is 10.1. The number of ether oxygens (including phenoxy) is 1. The smallest absolute Gasteiger partial charge is 0.241 e. The first-order chi connectivity index (χ1) is 17.8. The van der Waals surface area contributed by atoms with Gasteiger partial charge in [-0.1, -0.05) is 48.0 Å². The number of nitrogens with zero attached hydrogens (tertiary/aromatic N) is 2. The highest BCUT2D eigenvalue weighted by molar-refractivity contribution is 7.89. The molecule has 1 aliphatic heterocycles. The van der Waals surface area contributed by atoms with Gasteiger partial charge in [0.15, 0.2) is 0 Å². The van der Waals surface area contributed by atoms with Crippen LogP contribution >= 0.6 is 11.6 Å². The van der Waals surface area contributed by atoms with E-state index in [1.54, 1.807) is 24.0 Å². The van der Waals surface area contributed by atoms with E-state index in [2.05, 4.69) is 9.62 Å². The lowest BCUT2D eigenvalue weighted by Gasteiger charge is -2.37. The zero-order chi connectivity index (χ0) is 26.4. The van der Waals surface area contributed by atoms with Gasteiger partial charge in [-0.05, 0) is 67.8 Å². The summed E-state index contributed by atoms with van der Waals surface area (Å²) in [5.41, 5.74) is 2.60. The Kier molecular flexibility index (Phi) is 8.74. The fourth-order valence-corrected chi connectivity index (χ4v) is 5.93. The van der Waals surface area contributed by atoms with Crippen molar-refractivity contribution in [3.63, 3.8) is 0 Å². The highest BCUT2D eigenvalue weighted by Gasteiger charge is 2.31. The van der Waals surface area contributed by atoms with Gasteiger partial charge in [-0.2, -0.15) is 4.72 Å². The molecule has 0 aromatic heterocycles. The van der Waals surface area contributed by atoms with E-state index in [0.29, 0.717) is 49.1 Å². The molecule has 0 radical (unpaired) electrons. The molecular weight excluding hydrogens is 510 g/mol. The standard InChI is InChI=1S/C28H32ClN3O4S/c1-3-36-27-13-12-25(18-21(27)2)37(34,35)30-26(19-22-8-5-4-6-9-22)28(33)32-16-14-31(15-17-32)24-11-7-10-23(29)20-24/h4-13,18,20,26,30H,3,14-17,19H2,1-2H3/t26-/m1/s1. The number of sulfonamides is 1. The van der Waals surface area contributed by atoms with Crippen LogP contribution in [-0.4, -0.2) is 58.1 Å². The van der Waals surface area contributed by atoms with Crippen molar-refractivity contribution < 1.29 is 17.9 Å². The van der Waals surface area contributed by atoms with E-state index in [1.807, 2.05) is 61.5 Å². The number of carbonyl (C=O) groups is 1. The summed E-state index contributed by atoms with van der Waals surface area (Å²) >= 11 is 6.14. The molecule has 37 heavy (non-hydrogen) atoms. The van der Waals surface area contributed by atoms with Crippen molar-refractivity contribution in [3.8, 4) is 5.75 Å². The third kappa shape index (κ3) is 6.83. The summed E-state index contributed by atoms with van der Waals surface area (Å²) in [4.78, 5) is 17.7. The molecule has 3 aromatic carbocycles. The Labute approximate surface area is 224 Å². The van der Waals surface area contributed by atoms with Crippen molar-refractivity contribution in [2.24, 2.45) is 0 Å². The van der Waals surface area contributed by atoms with Crippen LogP contribution in [-0.2, 0) is 21.2 Å². The number of halogens is 1. The summed E-state index contributed by atoms with van der Waals surface area (Å²) in [5, 5.41) is 0.665. The minimum Gasteiger partial charge on any atom is -0.494 e. The topological polar surface area (TPSA) is 78.9 Å². The first-order valence-corrected chi connectivity index (χ1v) is 14.2. The second kappa shape index (κ2) is 12.0. The SMILES string of the molecule is CCOc1ccc(S(=O)(=O)N[C@H](Cc2ccccc2)C(=O)N2CCN(c3cccc(Cl)c3)CC2)cc1C. The second-order valence-electron chi connectivity index (χ2n) is 9.02. The molecule has 3 aromatic rings. The lowest BCUT2D eigenvalue weighted by Crippen LogP contribution is -2.55. The maximum absolute atomic E-state index is 13.7. The molecule has 0 saturated carbocycles. The quantitative estimate of drug-likeness (QED) is 0.437. The summed E-state index contributed by atoms with van der Waals surface area (Å²) in [6, 6.07) is 20.9. The van der Waals surface area contributed by atoms with E-state index in [0.717, 1.165) is 11.3 Å². The van der Waals surface area contributed by atoms with Gasteiger partial charge in [0.1, 0.15) is 11.8 Å². The Morgan fingerprint density at radius 3 is 2.38 bits per heavy atom. The lowest BCUT2D eigenvalue weighted by molar-refractivity contribution is -0.133. The van der Waals surface area contributed by atoms with E-state index >= 15 is 0 Å². The minimum absolute atomic E-state index is 0.102. The number of hydrogen-bond acceptors (Lipinski definition) is 5. The molecule has 196 valence electrons. The van der Waals surface area contributed by atoms with Crippen molar-refractivity contribution >= 4 is 33.2 Å². The summed E-state index contributed by atoms with van der Waals surface area (Å²) in [7, 11) is -3.95. The maximum Gasteiger partial charge on any atom is 0.241 e. The predicted molar refractivity (Wildman–Crippen MR) is 147 cm³/mol. The van der Waals surface area contributed by atoms with Crippen molar-refractivity contribution in [2.45, 2.75) is 31.2 Å². The van der Waals surface area contributed by atoms with Gasteiger partial charge in [0, 0.05) is 36.9 Å². The largest absolute Gasteiger partial charge is 0.494 e. The minimum atomic E-state index is -3.95. The van der Waals surface area contributed by atoms with Crippen molar-refractivity contribution in [1.82, 2.24) is 9.62 Å². The van der Waals surface area contributed by atoms with Gasteiger partial charge in [0.25, 0.3) is 0 Å². The normalized spacial score (nSPS) is 14.9. The Morgan fingerprint density at radius 1 is 1.00 bits per heavy atom. The van der Waals surface area contributed by atoms with Gasteiger partial charge < -0.3 is 14.5 Å². The number of nitrogens with one attached hydrogen (secondary N) is 1. The Morgan fingerprint density at radius 2 is 1.73 bits per heavy atom. The zero-order valence-corrected chi connectivity index (χ0v) is 22.6.